The monoisotopic (exact) mass is 362 g/mol. The van der Waals surface area contributed by atoms with Crippen molar-refractivity contribution in [3.05, 3.63) is 45.4 Å². The fraction of sp³-hybridized carbons (Fsp3) is 0.312. The normalized spacial score (nSPS) is 10.5. The molecule has 8 nitrogen and oxygen atoms in total. The molecule has 0 aliphatic heterocycles. The molecule has 0 atom stereocenters. The number of carbonyl (C=O) groups is 2. The molecule has 0 saturated carbocycles. The summed E-state index contributed by atoms with van der Waals surface area (Å²) >= 11 is 1.05. The SMILES string of the molecule is Cc1ccc(C)c(NC(=O)CSc2nnc(CCC(=O)O)c(=O)[nH]2)c1. The van der Waals surface area contributed by atoms with Gasteiger partial charge in [0.25, 0.3) is 5.56 Å². The summed E-state index contributed by atoms with van der Waals surface area (Å²) in [5.74, 6) is -1.17. The van der Waals surface area contributed by atoms with Crippen LogP contribution in [-0.4, -0.2) is 37.9 Å². The van der Waals surface area contributed by atoms with Crippen LogP contribution in [0, 0.1) is 13.8 Å². The van der Waals surface area contributed by atoms with Crippen molar-refractivity contribution in [1.82, 2.24) is 15.2 Å². The van der Waals surface area contributed by atoms with Crippen molar-refractivity contribution >= 4 is 29.3 Å². The van der Waals surface area contributed by atoms with E-state index in [1.165, 1.54) is 0 Å². The van der Waals surface area contributed by atoms with Gasteiger partial charge in [0.15, 0.2) is 5.16 Å². The molecule has 1 heterocycles. The molecule has 1 amide bonds. The zero-order chi connectivity index (χ0) is 18.4. The number of aromatic nitrogens is 3. The van der Waals surface area contributed by atoms with Gasteiger partial charge in [0, 0.05) is 12.1 Å². The first-order chi connectivity index (χ1) is 11.8. The van der Waals surface area contributed by atoms with Gasteiger partial charge in [-0.25, -0.2) is 0 Å². The van der Waals surface area contributed by atoms with Crippen molar-refractivity contribution in [1.29, 1.82) is 0 Å². The molecule has 9 heteroatoms. The first kappa shape index (κ1) is 18.7. The Bertz CT molecular complexity index is 850. The second-order valence-corrected chi connectivity index (χ2v) is 6.42. The van der Waals surface area contributed by atoms with E-state index in [1.54, 1.807) is 0 Å². The smallest absolute Gasteiger partial charge is 0.303 e. The molecule has 0 fully saturated rings. The van der Waals surface area contributed by atoms with Crippen LogP contribution in [0.5, 0.6) is 0 Å². The summed E-state index contributed by atoms with van der Waals surface area (Å²) in [4.78, 5) is 36.9. The minimum Gasteiger partial charge on any atom is -0.481 e. The average Bonchev–Trinajstić information content (AvgIpc) is 2.55. The van der Waals surface area contributed by atoms with Crippen molar-refractivity contribution < 1.29 is 14.7 Å². The molecule has 0 unspecified atom stereocenters. The number of rotatable bonds is 7. The number of carbonyl (C=O) groups excluding carboxylic acids is 1. The lowest BCUT2D eigenvalue weighted by molar-refractivity contribution is -0.137. The molecule has 0 aliphatic carbocycles. The number of nitrogens with zero attached hydrogens (tertiary/aromatic N) is 2. The molecular formula is C16H18N4O4S. The number of hydrogen-bond acceptors (Lipinski definition) is 6. The Hall–Kier alpha value is -2.68. The van der Waals surface area contributed by atoms with E-state index in [4.69, 9.17) is 5.11 Å². The van der Waals surface area contributed by atoms with E-state index in [0.29, 0.717) is 0 Å². The highest BCUT2D eigenvalue weighted by Crippen LogP contribution is 2.17. The molecule has 2 aromatic rings. The van der Waals surface area contributed by atoms with Crippen molar-refractivity contribution in [2.24, 2.45) is 0 Å². The van der Waals surface area contributed by atoms with Crippen LogP contribution in [-0.2, 0) is 16.0 Å². The Morgan fingerprint density at radius 2 is 2.04 bits per heavy atom. The lowest BCUT2D eigenvalue weighted by Crippen LogP contribution is -2.20. The summed E-state index contributed by atoms with van der Waals surface area (Å²) in [5, 5.41) is 19.2. The molecule has 1 aromatic carbocycles. The first-order valence-electron chi connectivity index (χ1n) is 7.52. The number of nitrogens with one attached hydrogen (secondary N) is 2. The van der Waals surface area contributed by atoms with Crippen LogP contribution >= 0.6 is 11.8 Å². The summed E-state index contributed by atoms with van der Waals surface area (Å²) < 4.78 is 0. The largest absolute Gasteiger partial charge is 0.481 e. The predicted molar refractivity (Wildman–Crippen MR) is 93.9 cm³/mol. The number of H-pyrrole nitrogens is 1. The number of aliphatic carboxylic acids is 1. The van der Waals surface area contributed by atoms with Crippen LogP contribution in [0.1, 0.15) is 23.2 Å². The Kier molecular flexibility index (Phi) is 6.29. The molecule has 3 N–H and O–H groups in total. The molecule has 0 bridgehead atoms. The number of aryl methyl sites for hydroxylation is 3. The number of aromatic amines is 1. The average molecular weight is 362 g/mol. The predicted octanol–water partition coefficient (Wildman–Crippen LogP) is 1.53. The fourth-order valence-corrected chi connectivity index (χ4v) is 2.59. The molecule has 25 heavy (non-hydrogen) atoms. The second kappa shape index (κ2) is 8.43. The zero-order valence-corrected chi connectivity index (χ0v) is 14.6. The summed E-state index contributed by atoms with van der Waals surface area (Å²) in [6.07, 6.45) is -0.182. The molecule has 0 aliphatic rings. The van der Waals surface area contributed by atoms with E-state index in [9.17, 15) is 14.4 Å². The summed E-state index contributed by atoms with van der Waals surface area (Å²) in [6, 6.07) is 5.78. The van der Waals surface area contributed by atoms with Crippen molar-refractivity contribution in [2.75, 3.05) is 11.1 Å². The quantitative estimate of drug-likeness (QED) is 0.638. The minimum atomic E-state index is -1.01. The van der Waals surface area contributed by atoms with E-state index in [2.05, 4.69) is 20.5 Å². The van der Waals surface area contributed by atoms with E-state index in [1.807, 2.05) is 32.0 Å². The Morgan fingerprint density at radius 1 is 1.28 bits per heavy atom. The summed E-state index contributed by atoms with van der Waals surface area (Å²) in [6.45, 7) is 3.84. The zero-order valence-electron chi connectivity index (χ0n) is 13.8. The number of carboxylic acids is 1. The van der Waals surface area contributed by atoms with E-state index >= 15 is 0 Å². The number of hydrogen-bond donors (Lipinski definition) is 3. The second-order valence-electron chi connectivity index (χ2n) is 5.45. The standard InChI is InChI=1S/C16H18N4O4S/c1-9-3-4-10(2)12(7-9)17-13(21)8-25-16-18-15(24)11(19-20-16)5-6-14(22)23/h3-4,7H,5-6,8H2,1-2H3,(H,17,21)(H,22,23)(H,18,20,24). The lowest BCUT2D eigenvalue weighted by Gasteiger charge is -2.09. The molecule has 0 radical (unpaired) electrons. The number of carboxylic acid groups (broad SMARTS) is 1. The molecule has 0 spiro atoms. The fourth-order valence-electron chi connectivity index (χ4n) is 1.99. The van der Waals surface area contributed by atoms with Gasteiger partial charge in [-0.3, -0.25) is 19.4 Å². The van der Waals surface area contributed by atoms with Crippen LogP contribution in [0.15, 0.2) is 28.2 Å². The maximum Gasteiger partial charge on any atom is 0.303 e. The molecule has 132 valence electrons. The van der Waals surface area contributed by atoms with Crippen LogP contribution in [0.4, 0.5) is 5.69 Å². The number of anilines is 1. The van der Waals surface area contributed by atoms with Gasteiger partial charge < -0.3 is 10.4 Å². The number of thioether (sulfide) groups is 1. The third-order valence-electron chi connectivity index (χ3n) is 3.33. The topological polar surface area (TPSA) is 125 Å². The number of amides is 1. The third-order valence-corrected chi connectivity index (χ3v) is 4.19. The van der Waals surface area contributed by atoms with Gasteiger partial charge in [-0.2, -0.15) is 0 Å². The van der Waals surface area contributed by atoms with Gasteiger partial charge in [-0.05, 0) is 31.0 Å². The maximum atomic E-state index is 12.0. The van der Waals surface area contributed by atoms with Crippen LogP contribution in [0.25, 0.3) is 0 Å². The summed E-state index contributed by atoms with van der Waals surface area (Å²) in [5.41, 5.74) is 2.31. The molecular weight excluding hydrogens is 344 g/mol. The third kappa shape index (κ3) is 5.71. The van der Waals surface area contributed by atoms with E-state index < -0.39 is 11.5 Å². The molecule has 2 rings (SSSR count). The van der Waals surface area contributed by atoms with Gasteiger partial charge in [0.1, 0.15) is 5.69 Å². The Morgan fingerprint density at radius 3 is 2.72 bits per heavy atom. The highest BCUT2D eigenvalue weighted by molar-refractivity contribution is 7.99. The Labute approximate surface area is 148 Å². The first-order valence-corrected chi connectivity index (χ1v) is 8.51. The highest BCUT2D eigenvalue weighted by Gasteiger charge is 2.10. The van der Waals surface area contributed by atoms with Crippen LogP contribution in [0.2, 0.25) is 0 Å². The maximum absolute atomic E-state index is 12.0. The van der Waals surface area contributed by atoms with E-state index in [-0.39, 0.29) is 35.4 Å². The van der Waals surface area contributed by atoms with E-state index in [0.717, 1.165) is 28.6 Å². The molecule has 0 saturated heterocycles. The highest BCUT2D eigenvalue weighted by atomic mass is 32.2. The molecule has 1 aromatic heterocycles. The van der Waals surface area contributed by atoms with Gasteiger partial charge in [0.2, 0.25) is 5.91 Å². The van der Waals surface area contributed by atoms with Gasteiger partial charge in [-0.15, -0.1) is 10.2 Å². The van der Waals surface area contributed by atoms with Crippen LogP contribution < -0.4 is 10.9 Å². The van der Waals surface area contributed by atoms with Gasteiger partial charge >= 0.3 is 5.97 Å². The van der Waals surface area contributed by atoms with Crippen LogP contribution in [0.3, 0.4) is 0 Å². The summed E-state index contributed by atoms with van der Waals surface area (Å²) in [7, 11) is 0. The minimum absolute atomic E-state index is 0.00966. The number of benzene rings is 1. The van der Waals surface area contributed by atoms with Gasteiger partial charge in [-0.1, -0.05) is 23.9 Å². The lowest BCUT2D eigenvalue weighted by atomic mass is 10.1. The van der Waals surface area contributed by atoms with Crippen molar-refractivity contribution in [3.8, 4) is 0 Å². The van der Waals surface area contributed by atoms with Crippen molar-refractivity contribution in [2.45, 2.75) is 31.8 Å². The Balaban J connectivity index is 1.93. The van der Waals surface area contributed by atoms with Crippen molar-refractivity contribution in [3.63, 3.8) is 0 Å². The van der Waals surface area contributed by atoms with Gasteiger partial charge in [0.05, 0.1) is 12.2 Å².